The monoisotopic (exact) mass is 327 g/mol. The summed E-state index contributed by atoms with van der Waals surface area (Å²) in [6.07, 6.45) is 2.41. The van der Waals surface area contributed by atoms with Gasteiger partial charge in [0.05, 0.1) is 4.92 Å². The molecule has 1 aromatic heterocycles. The number of anilines is 1. The van der Waals surface area contributed by atoms with Crippen molar-refractivity contribution in [1.82, 2.24) is 14.9 Å². The van der Waals surface area contributed by atoms with Crippen LogP contribution in [0.4, 0.5) is 11.5 Å². The van der Waals surface area contributed by atoms with Crippen molar-refractivity contribution in [3.8, 4) is 11.4 Å². The van der Waals surface area contributed by atoms with E-state index in [0.29, 0.717) is 17.4 Å². The van der Waals surface area contributed by atoms with Crippen molar-refractivity contribution in [2.24, 2.45) is 0 Å². The first-order valence-electron chi connectivity index (χ1n) is 8.07. The molecule has 0 radical (unpaired) electrons. The van der Waals surface area contributed by atoms with Gasteiger partial charge in [-0.3, -0.25) is 10.1 Å². The van der Waals surface area contributed by atoms with Gasteiger partial charge in [-0.05, 0) is 33.4 Å². The number of nitrogens with zero attached hydrogens (tertiary/aromatic N) is 4. The summed E-state index contributed by atoms with van der Waals surface area (Å²) in [5, 5.41) is 14.3. The first kappa shape index (κ1) is 16.3. The van der Waals surface area contributed by atoms with Gasteiger partial charge in [-0.1, -0.05) is 12.1 Å². The van der Waals surface area contributed by atoms with E-state index in [9.17, 15) is 10.1 Å². The lowest BCUT2D eigenvalue weighted by atomic mass is 10.2. The number of rotatable bonds is 5. The van der Waals surface area contributed by atoms with E-state index in [2.05, 4.69) is 27.2 Å². The van der Waals surface area contributed by atoms with Crippen molar-refractivity contribution in [2.45, 2.75) is 25.8 Å². The summed E-state index contributed by atoms with van der Waals surface area (Å²) in [5.41, 5.74) is 1.52. The van der Waals surface area contributed by atoms with Crippen LogP contribution in [0.15, 0.2) is 30.3 Å². The molecule has 126 valence electrons. The third kappa shape index (κ3) is 3.68. The third-order valence-electron chi connectivity index (χ3n) is 4.36. The second kappa shape index (κ2) is 6.92. The van der Waals surface area contributed by atoms with E-state index in [1.807, 2.05) is 13.0 Å². The normalized spacial score (nSPS) is 17.8. The fourth-order valence-electron chi connectivity index (χ4n) is 3.01. The summed E-state index contributed by atoms with van der Waals surface area (Å²) in [7, 11) is 2.14. The Kier molecular flexibility index (Phi) is 4.71. The highest BCUT2D eigenvalue weighted by Crippen LogP contribution is 2.23. The summed E-state index contributed by atoms with van der Waals surface area (Å²) >= 11 is 0. The molecule has 0 bridgehead atoms. The molecule has 1 N–H and O–H groups in total. The Morgan fingerprint density at radius 1 is 1.38 bits per heavy atom. The molecule has 1 unspecified atom stereocenters. The lowest BCUT2D eigenvalue weighted by Gasteiger charge is -2.20. The highest BCUT2D eigenvalue weighted by molar-refractivity contribution is 5.61. The lowest BCUT2D eigenvalue weighted by molar-refractivity contribution is -0.384. The molecule has 1 aliphatic rings. The molecule has 2 heterocycles. The van der Waals surface area contributed by atoms with Crippen LogP contribution in [0.5, 0.6) is 0 Å². The molecular formula is C17H21N5O2. The number of nitrogens with one attached hydrogen (secondary N) is 1. The van der Waals surface area contributed by atoms with Gasteiger partial charge in [0, 0.05) is 42.0 Å². The molecule has 2 aromatic rings. The second-order valence-electron chi connectivity index (χ2n) is 6.18. The molecule has 24 heavy (non-hydrogen) atoms. The minimum absolute atomic E-state index is 0.0414. The first-order chi connectivity index (χ1) is 11.5. The molecule has 1 aromatic carbocycles. The van der Waals surface area contributed by atoms with Crippen LogP contribution in [0.1, 0.15) is 18.5 Å². The molecule has 0 spiro atoms. The predicted molar refractivity (Wildman–Crippen MR) is 93.0 cm³/mol. The van der Waals surface area contributed by atoms with Gasteiger partial charge in [-0.2, -0.15) is 0 Å². The molecule has 7 heteroatoms. The maximum absolute atomic E-state index is 10.9. The van der Waals surface area contributed by atoms with E-state index in [1.165, 1.54) is 25.0 Å². The Bertz CT molecular complexity index is 750. The number of nitro benzene ring substituents is 1. The maximum atomic E-state index is 10.9. The standard InChI is InChI=1S/C17H21N5O2/c1-12-9-16(18-11-15-7-4-8-21(15)2)20-17(19-12)13-5-3-6-14(10-13)22(23)24/h3,5-6,9-10,15H,4,7-8,11H2,1-2H3,(H,18,19,20). The number of benzene rings is 1. The molecule has 7 nitrogen and oxygen atoms in total. The summed E-state index contributed by atoms with van der Waals surface area (Å²) in [5.74, 6) is 1.25. The summed E-state index contributed by atoms with van der Waals surface area (Å²) in [6.45, 7) is 3.87. The van der Waals surface area contributed by atoms with Crippen LogP contribution in [-0.4, -0.2) is 46.0 Å². The van der Waals surface area contributed by atoms with Crippen molar-refractivity contribution in [3.05, 3.63) is 46.1 Å². The lowest BCUT2D eigenvalue weighted by Crippen LogP contribution is -2.31. The Morgan fingerprint density at radius 3 is 2.92 bits per heavy atom. The number of likely N-dealkylation sites (N-methyl/N-ethyl adjacent to an activating group) is 1. The quantitative estimate of drug-likeness (QED) is 0.671. The van der Waals surface area contributed by atoms with Crippen molar-refractivity contribution >= 4 is 11.5 Å². The maximum Gasteiger partial charge on any atom is 0.270 e. The van der Waals surface area contributed by atoms with Crippen molar-refractivity contribution < 1.29 is 4.92 Å². The Hall–Kier alpha value is -2.54. The molecule has 1 saturated heterocycles. The minimum atomic E-state index is -0.408. The fourth-order valence-corrected chi connectivity index (χ4v) is 3.01. The van der Waals surface area contributed by atoms with E-state index < -0.39 is 4.92 Å². The highest BCUT2D eigenvalue weighted by Gasteiger charge is 2.20. The van der Waals surface area contributed by atoms with E-state index in [-0.39, 0.29) is 5.69 Å². The molecule has 3 rings (SSSR count). The van der Waals surface area contributed by atoms with E-state index in [0.717, 1.165) is 24.6 Å². The number of non-ortho nitro benzene ring substituents is 1. The zero-order valence-corrected chi connectivity index (χ0v) is 13.9. The molecule has 1 aliphatic heterocycles. The van der Waals surface area contributed by atoms with Crippen LogP contribution >= 0.6 is 0 Å². The molecule has 0 aliphatic carbocycles. The molecule has 1 atom stereocenters. The smallest absolute Gasteiger partial charge is 0.270 e. The number of hydrogen-bond acceptors (Lipinski definition) is 6. The number of likely N-dealkylation sites (tertiary alicyclic amines) is 1. The third-order valence-corrected chi connectivity index (χ3v) is 4.36. The molecule has 0 amide bonds. The van der Waals surface area contributed by atoms with Gasteiger partial charge in [0.25, 0.3) is 5.69 Å². The highest BCUT2D eigenvalue weighted by atomic mass is 16.6. The van der Waals surface area contributed by atoms with Crippen LogP contribution in [0.2, 0.25) is 0 Å². The minimum Gasteiger partial charge on any atom is -0.368 e. The van der Waals surface area contributed by atoms with Gasteiger partial charge in [0.2, 0.25) is 0 Å². The van der Waals surface area contributed by atoms with Gasteiger partial charge in [0.15, 0.2) is 5.82 Å². The van der Waals surface area contributed by atoms with Crippen molar-refractivity contribution in [1.29, 1.82) is 0 Å². The van der Waals surface area contributed by atoms with Gasteiger partial charge in [-0.25, -0.2) is 9.97 Å². The molecule has 0 saturated carbocycles. The Labute approximate surface area is 140 Å². The zero-order valence-electron chi connectivity index (χ0n) is 13.9. The van der Waals surface area contributed by atoms with Crippen molar-refractivity contribution in [3.63, 3.8) is 0 Å². The van der Waals surface area contributed by atoms with Crippen LogP contribution in [-0.2, 0) is 0 Å². The van der Waals surface area contributed by atoms with E-state index >= 15 is 0 Å². The van der Waals surface area contributed by atoms with Gasteiger partial charge < -0.3 is 10.2 Å². The Morgan fingerprint density at radius 2 is 2.21 bits per heavy atom. The van der Waals surface area contributed by atoms with Gasteiger partial charge >= 0.3 is 0 Å². The van der Waals surface area contributed by atoms with Crippen LogP contribution < -0.4 is 5.32 Å². The SMILES string of the molecule is Cc1cc(NCC2CCCN2C)nc(-c2cccc([N+](=O)[O-])c2)n1. The topological polar surface area (TPSA) is 84.2 Å². The van der Waals surface area contributed by atoms with Crippen LogP contribution in [0.25, 0.3) is 11.4 Å². The largest absolute Gasteiger partial charge is 0.368 e. The average molecular weight is 327 g/mol. The summed E-state index contributed by atoms with van der Waals surface area (Å²) in [4.78, 5) is 21.8. The first-order valence-corrected chi connectivity index (χ1v) is 8.07. The average Bonchev–Trinajstić information content (AvgIpc) is 2.97. The number of aryl methyl sites for hydroxylation is 1. The summed E-state index contributed by atoms with van der Waals surface area (Å²) < 4.78 is 0. The van der Waals surface area contributed by atoms with E-state index in [4.69, 9.17) is 0 Å². The summed E-state index contributed by atoms with van der Waals surface area (Å²) in [6, 6.07) is 8.82. The van der Waals surface area contributed by atoms with E-state index in [1.54, 1.807) is 12.1 Å². The number of hydrogen-bond donors (Lipinski definition) is 1. The predicted octanol–water partition coefficient (Wildman–Crippen LogP) is 2.87. The fraction of sp³-hybridized carbons (Fsp3) is 0.412. The number of nitro groups is 1. The van der Waals surface area contributed by atoms with Gasteiger partial charge in [0.1, 0.15) is 5.82 Å². The molecule has 1 fully saturated rings. The van der Waals surface area contributed by atoms with Crippen LogP contribution in [0.3, 0.4) is 0 Å². The number of aromatic nitrogens is 2. The molecular weight excluding hydrogens is 306 g/mol. The Balaban J connectivity index is 1.81. The second-order valence-corrected chi connectivity index (χ2v) is 6.18. The van der Waals surface area contributed by atoms with Crippen molar-refractivity contribution in [2.75, 3.05) is 25.5 Å². The van der Waals surface area contributed by atoms with Gasteiger partial charge in [-0.15, -0.1) is 0 Å². The van der Waals surface area contributed by atoms with Crippen LogP contribution in [0, 0.1) is 17.0 Å². The zero-order chi connectivity index (χ0) is 17.1.